The van der Waals surface area contributed by atoms with Gasteiger partial charge in [-0.15, -0.1) is 0 Å². The largest absolute Gasteiger partial charge is 0.352 e. The van der Waals surface area contributed by atoms with Crippen molar-refractivity contribution in [2.75, 3.05) is 6.54 Å². The number of benzene rings is 1. The second kappa shape index (κ2) is 5.97. The van der Waals surface area contributed by atoms with Gasteiger partial charge in [0.2, 0.25) is 0 Å². The van der Waals surface area contributed by atoms with Crippen LogP contribution in [0.1, 0.15) is 16.1 Å². The lowest BCUT2D eigenvalue weighted by Gasteiger charge is -2.05. The maximum atomic E-state index is 13.5. The summed E-state index contributed by atoms with van der Waals surface area (Å²) in [5.74, 6) is -0.953. The van der Waals surface area contributed by atoms with Gasteiger partial charge in [0.05, 0.1) is 11.3 Å². The number of carbonyl (C=O) groups is 1. The third-order valence-electron chi connectivity index (χ3n) is 2.61. The first kappa shape index (κ1) is 13.7. The highest BCUT2D eigenvalue weighted by molar-refractivity contribution is 9.10. The summed E-state index contributed by atoms with van der Waals surface area (Å²) in [6.07, 6.45) is 2.45. The molecule has 0 radical (unpaired) electrons. The van der Waals surface area contributed by atoms with Crippen LogP contribution in [0.5, 0.6) is 0 Å². The molecular formula is C13H13BrFN3O. The van der Waals surface area contributed by atoms with Crippen molar-refractivity contribution in [3.8, 4) is 0 Å². The van der Waals surface area contributed by atoms with Crippen LogP contribution in [0.4, 0.5) is 4.39 Å². The number of rotatable bonds is 4. The fraction of sp³-hybridized carbons (Fsp3) is 0.231. The highest BCUT2D eigenvalue weighted by atomic mass is 79.9. The van der Waals surface area contributed by atoms with E-state index in [9.17, 15) is 9.18 Å². The Morgan fingerprint density at radius 1 is 1.47 bits per heavy atom. The normalized spacial score (nSPS) is 10.5. The second-order valence-corrected chi connectivity index (χ2v) is 5.03. The van der Waals surface area contributed by atoms with E-state index >= 15 is 0 Å². The van der Waals surface area contributed by atoms with Gasteiger partial charge in [0.15, 0.2) is 0 Å². The Morgan fingerprint density at radius 3 is 2.89 bits per heavy atom. The van der Waals surface area contributed by atoms with Crippen LogP contribution in [0.15, 0.2) is 34.9 Å². The van der Waals surface area contributed by atoms with Crippen LogP contribution in [0.2, 0.25) is 0 Å². The monoisotopic (exact) mass is 325 g/mol. The van der Waals surface area contributed by atoms with Crippen molar-refractivity contribution < 1.29 is 9.18 Å². The lowest BCUT2D eigenvalue weighted by Crippen LogP contribution is -2.26. The van der Waals surface area contributed by atoms with E-state index in [0.29, 0.717) is 17.4 Å². The standard InChI is InChI=1S/C13H13BrFN3O/c1-18-7-5-10(17-18)4-6-16-13(19)11-3-2-9(14)8-12(11)15/h2-3,5,7-8H,4,6H2,1H3,(H,16,19). The first-order chi connectivity index (χ1) is 9.06. The van der Waals surface area contributed by atoms with E-state index in [1.54, 1.807) is 10.7 Å². The molecule has 0 saturated heterocycles. The van der Waals surface area contributed by atoms with E-state index in [1.165, 1.54) is 12.1 Å². The molecule has 1 N–H and O–H groups in total. The summed E-state index contributed by atoms with van der Waals surface area (Å²) < 4.78 is 15.9. The van der Waals surface area contributed by atoms with Gasteiger partial charge in [-0.3, -0.25) is 9.48 Å². The summed E-state index contributed by atoms with van der Waals surface area (Å²) >= 11 is 3.15. The predicted octanol–water partition coefficient (Wildman–Crippen LogP) is 2.29. The van der Waals surface area contributed by atoms with Crippen LogP contribution < -0.4 is 5.32 Å². The molecule has 2 rings (SSSR count). The van der Waals surface area contributed by atoms with Crippen molar-refractivity contribution in [2.45, 2.75) is 6.42 Å². The number of halogens is 2. The van der Waals surface area contributed by atoms with E-state index in [4.69, 9.17) is 0 Å². The number of hydrogen-bond acceptors (Lipinski definition) is 2. The summed E-state index contributed by atoms with van der Waals surface area (Å²) in [5.41, 5.74) is 0.934. The SMILES string of the molecule is Cn1ccc(CCNC(=O)c2ccc(Br)cc2F)n1. The van der Waals surface area contributed by atoms with Gasteiger partial charge < -0.3 is 5.32 Å². The molecule has 0 unspecified atom stereocenters. The number of nitrogens with one attached hydrogen (secondary N) is 1. The molecule has 0 atom stereocenters. The van der Waals surface area contributed by atoms with Gasteiger partial charge in [-0.05, 0) is 24.3 Å². The number of amides is 1. The van der Waals surface area contributed by atoms with Gasteiger partial charge in [-0.2, -0.15) is 5.10 Å². The van der Waals surface area contributed by atoms with E-state index in [2.05, 4.69) is 26.3 Å². The highest BCUT2D eigenvalue weighted by Gasteiger charge is 2.11. The smallest absolute Gasteiger partial charge is 0.254 e. The van der Waals surface area contributed by atoms with Crippen LogP contribution in [-0.2, 0) is 13.5 Å². The third kappa shape index (κ3) is 3.64. The van der Waals surface area contributed by atoms with E-state index < -0.39 is 11.7 Å². The van der Waals surface area contributed by atoms with Crippen molar-refractivity contribution in [1.82, 2.24) is 15.1 Å². The molecule has 4 nitrogen and oxygen atoms in total. The van der Waals surface area contributed by atoms with Crippen molar-refractivity contribution in [3.05, 3.63) is 52.0 Å². The van der Waals surface area contributed by atoms with Gasteiger partial charge in [-0.25, -0.2) is 4.39 Å². The number of aromatic nitrogens is 2. The Morgan fingerprint density at radius 2 is 2.26 bits per heavy atom. The molecule has 2 aromatic rings. The van der Waals surface area contributed by atoms with Crippen molar-refractivity contribution in [3.63, 3.8) is 0 Å². The minimum Gasteiger partial charge on any atom is -0.352 e. The number of hydrogen-bond donors (Lipinski definition) is 1. The summed E-state index contributed by atoms with van der Waals surface area (Å²) in [4.78, 5) is 11.8. The van der Waals surface area contributed by atoms with E-state index in [1.807, 2.05) is 19.3 Å². The Hall–Kier alpha value is -1.69. The average Bonchev–Trinajstić information content (AvgIpc) is 2.75. The predicted molar refractivity (Wildman–Crippen MR) is 73.3 cm³/mol. The van der Waals surface area contributed by atoms with E-state index in [0.717, 1.165) is 5.69 Å². The van der Waals surface area contributed by atoms with Crippen molar-refractivity contribution in [1.29, 1.82) is 0 Å². The molecule has 19 heavy (non-hydrogen) atoms. The molecule has 0 aliphatic heterocycles. The fourth-order valence-corrected chi connectivity index (χ4v) is 2.00. The van der Waals surface area contributed by atoms with Crippen molar-refractivity contribution >= 4 is 21.8 Å². The Balaban J connectivity index is 1.90. The Bertz CT molecular complexity index is 597. The summed E-state index contributed by atoms with van der Waals surface area (Å²) in [5, 5.41) is 6.87. The van der Waals surface area contributed by atoms with E-state index in [-0.39, 0.29) is 5.56 Å². The van der Waals surface area contributed by atoms with Gasteiger partial charge in [0.25, 0.3) is 5.91 Å². The maximum Gasteiger partial charge on any atom is 0.254 e. The Kier molecular flexibility index (Phi) is 4.31. The lowest BCUT2D eigenvalue weighted by molar-refractivity contribution is 0.0950. The zero-order chi connectivity index (χ0) is 13.8. The molecule has 0 spiro atoms. The zero-order valence-electron chi connectivity index (χ0n) is 10.4. The number of carbonyl (C=O) groups excluding carboxylic acids is 1. The summed E-state index contributed by atoms with van der Waals surface area (Å²) in [7, 11) is 1.83. The molecular weight excluding hydrogens is 313 g/mol. The minimum atomic E-state index is -0.537. The van der Waals surface area contributed by atoms with Crippen LogP contribution >= 0.6 is 15.9 Å². The zero-order valence-corrected chi connectivity index (χ0v) is 11.9. The second-order valence-electron chi connectivity index (χ2n) is 4.11. The molecule has 1 aromatic carbocycles. The quantitative estimate of drug-likeness (QED) is 0.937. The van der Waals surface area contributed by atoms with Gasteiger partial charge in [-0.1, -0.05) is 15.9 Å². The Labute approximate surface area is 118 Å². The molecule has 1 amide bonds. The summed E-state index contributed by atoms with van der Waals surface area (Å²) in [6, 6.07) is 6.24. The molecule has 0 bridgehead atoms. The van der Waals surface area contributed by atoms with Crippen LogP contribution in [0.3, 0.4) is 0 Å². The third-order valence-corrected chi connectivity index (χ3v) is 3.10. The topological polar surface area (TPSA) is 46.9 Å². The number of nitrogens with zero attached hydrogens (tertiary/aromatic N) is 2. The van der Waals surface area contributed by atoms with Crippen LogP contribution in [0, 0.1) is 5.82 Å². The van der Waals surface area contributed by atoms with Gasteiger partial charge >= 0.3 is 0 Å². The molecule has 0 aliphatic carbocycles. The number of aryl methyl sites for hydroxylation is 1. The van der Waals surface area contributed by atoms with Gasteiger partial charge in [0, 0.05) is 30.7 Å². The molecule has 100 valence electrons. The highest BCUT2D eigenvalue weighted by Crippen LogP contribution is 2.15. The maximum absolute atomic E-state index is 13.5. The summed E-state index contributed by atoms with van der Waals surface area (Å²) in [6.45, 7) is 0.422. The van der Waals surface area contributed by atoms with Crippen LogP contribution in [-0.4, -0.2) is 22.2 Å². The molecule has 0 saturated carbocycles. The lowest BCUT2D eigenvalue weighted by atomic mass is 10.2. The van der Waals surface area contributed by atoms with Crippen molar-refractivity contribution in [2.24, 2.45) is 7.05 Å². The first-order valence-electron chi connectivity index (χ1n) is 5.78. The molecule has 1 aromatic heterocycles. The average molecular weight is 326 g/mol. The minimum absolute atomic E-state index is 0.0456. The molecule has 1 heterocycles. The molecule has 0 aliphatic rings. The fourth-order valence-electron chi connectivity index (χ4n) is 1.67. The molecule has 6 heteroatoms. The van der Waals surface area contributed by atoms with Gasteiger partial charge in [0.1, 0.15) is 5.82 Å². The first-order valence-corrected chi connectivity index (χ1v) is 6.57. The van der Waals surface area contributed by atoms with Crippen LogP contribution in [0.25, 0.3) is 0 Å². The molecule has 0 fully saturated rings.